The molecule has 0 N–H and O–H groups in total. The maximum absolute atomic E-state index is 11.8. The van der Waals surface area contributed by atoms with E-state index in [1.807, 2.05) is 0 Å². The Balaban J connectivity index is 2.75. The molecule has 0 aliphatic heterocycles. The summed E-state index contributed by atoms with van der Waals surface area (Å²) >= 11 is 0. The number of hydrogen-bond donors (Lipinski definition) is 0. The lowest BCUT2D eigenvalue weighted by atomic mass is 9.96. The molecule has 86 valence electrons. The fourth-order valence-corrected chi connectivity index (χ4v) is 1.46. The molecule has 0 saturated heterocycles. The molecular weight excluding hydrogens is 206 g/mol. The topological polar surface area (TPSA) is 56.3 Å². The second kappa shape index (κ2) is 5.39. The van der Waals surface area contributed by atoms with Crippen molar-refractivity contribution >= 4 is 11.6 Å². The molecule has 0 saturated carbocycles. The number of ether oxygens (including phenoxy) is 1. The van der Waals surface area contributed by atoms with Crippen molar-refractivity contribution in [1.29, 1.82) is 0 Å². The molecule has 0 spiro atoms. The Labute approximate surface area is 94.6 Å². The van der Waals surface area contributed by atoms with Crippen LogP contribution < -0.4 is 4.74 Å². The van der Waals surface area contributed by atoms with Crippen molar-refractivity contribution in [3.05, 3.63) is 23.9 Å². The number of rotatable bonds is 5. The van der Waals surface area contributed by atoms with E-state index in [0.717, 1.165) is 0 Å². The Bertz CT molecular complexity index is 384. The number of nitrogens with zero attached hydrogens (tertiary/aromatic N) is 1. The third-order valence-electron chi connectivity index (χ3n) is 2.27. The maximum Gasteiger partial charge on any atom is 0.212 e. The Morgan fingerprint density at radius 3 is 2.56 bits per heavy atom. The molecule has 0 fully saturated rings. The van der Waals surface area contributed by atoms with Crippen LogP contribution in [0.1, 0.15) is 30.6 Å². The summed E-state index contributed by atoms with van der Waals surface area (Å²) in [4.78, 5) is 26.7. The average molecular weight is 221 g/mol. The lowest BCUT2D eigenvalue weighted by molar-refractivity contribution is -0.117. The minimum atomic E-state index is -0.298. The molecule has 1 rings (SSSR count). The Kier molecular flexibility index (Phi) is 4.17. The number of ketones is 2. The highest BCUT2D eigenvalue weighted by molar-refractivity contribution is 5.99. The molecule has 1 heterocycles. The first-order valence-corrected chi connectivity index (χ1v) is 5.08. The van der Waals surface area contributed by atoms with Crippen LogP contribution >= 0.6 is 0 Å². The highest BCUT2D eigenvalue weighted by atomic mass is 16.5. The quantitative estimate of drug-likeness (QED) is 0.712. The minimum Gasteiger partial charge on any atom is -0.481 e. The predicted molar refractivity (Wildman–Crippen MR) is 59.6 cm³/mol. The van der Waals surface area contributed by atoms with Gasteiger partial charge in [0.15, 0.2) is 5.78 Å². The number of hydrogen-bond acceptors (Lipinski definition) is 4. The lowest BCUT2D eigenvalue weighted by Crippen LogP contribution is -2.14. The fourth-order valence-electron chi connectivity index (χ4n) is 1.46. The maximum atomic E-state index is 11.8. The Hall–Kier alpha value is -1.71. The van der Waals surface area contributed by atoms with Crippen LogP contribution in [0.4, 0.5) is 0 Å². The first-order chi connectivity index (χ1) is 7.54. The predicted octanol–water partition coefficient (Wildman–Crippen LogP) is 1.89. The molecule has 0 bridgehead atoms. The van der Waals surface area contributed by atoms with Crippen LogP contribution in [-0.4, -0.2) is 23.7 Å². The Morgan fingerprint density at radius 2 is 2.12 bits per heavy atom. The summed E-state index contributed by atoms with van der Waals surface area (Å²) in [6.07, 6.45) is 1.74. The summed E-state index contributed by atoms with van der Waals surface area (Å²) < 4.78 is 4.90. The molecule has 0 aliphatic rings. The molecule has 0 aliphatic carbocycles. The molecule has 0 radical (unpaired) electrons. The van der Waals surface area contributed by atoms with E-state index < -0.39 is 0 Å². The molecule has 4 heteroatoms. The van der Waals surface area contributed by atoms with Gasteiger partial charge in [-0.3, -0.25) is 4.79 Å². The van der Waals surface area contributed by atoms with Crippen molar-refractivity contribution in [2.24, 2.45) is 5.92 Å². The van der Waals surface area contributed by atoms with Crippen molar-refractivity contribution in [2.45, 2.75) is 20.3 Å². The molecule has 4 nitrogen and oxygen atoms in total. The van der Waals surface area contributed by atoms with Crippen molar-refractivity contribution in [3.63, 3.8) is 0 Å². The van der Waals surface area contributed by atoms with E-state index in [4.69, 9.17) is 4.74 Å². The summed E-state index contributed by atoms with van der Waals surface area (Å²) in [6.45, 7) is 3.23. The summed E-state index contributed by atoms with van der Waals surface area (Å²) in [7, 11) is 1.52. The summed E-state index contributed by atoms with van der Waals surface area (Å²) in [5.41, 5.74) is 0.509. The monoisotopic (exact) mass is 221 g/mol. The van der Waals surface area contributed by atoms with E-state index in [2.05, 4.69) is 4.98 Å². The first-order valence-electron chi connectivity index (χ1n) is 5.08. The number of Topliss-reactive ketones (excluding diaryl/α,β-unsaturated/α-hetero) is 2. The SMILES string of the molecule is COc1ccc(C(=O)C(C)CC(C)=O)cn1. The smallest absolute Gasteiger partial charge is 0.212 e. The van der Waals surface area contributed by atoms with Gasteiger partial charge in [-0.05, 0) is 13.0 Å². The van der Waals surface area contributed by atoms with Crippen LogP contribution in [0.5, 0.6) is 5.88 Å². The summed E-state index contributed by atoms with van der Waals surface area (Å²) in [6, 6.07) is 3.29. The third-order valence-corrected chi connectivity index (χ3v) is 2.27. The van der Waals surface area contributed by atoms with E-state index in [-0.39, 0.29) is 23.9 Å². The first kappa shape index (κ1) is 12.4. The van der Waals surface area contributed by atoms with Crippen molar-refractivity contribution in [1.82, 2.24) is 4.98 Å². The van der Waals surface area contributed by atoms with Gasteiger partial charge < -0.3 is 9.53 Å². The molecule has 0 aromatic carbocycles. The second-order valence-electron chi connectivity index (χ2n) is 3.76. The van der Waals surface area contributed by atoms with Crippen LogP contribution in [0.3, 0.4) is 0 Å². The van der Waals surface area contributed by atoms with E-state index >= 15 is 0 Å². The zero-order chi connectivity index (χ0) is 12.1. The van der Waals surface area contributed by atoms with E-state index in [0.29, 0.717) is 11.4 Å². The van der Waals surface area contributed by atoms with Crippen LogP contribution in [-0.2, 0) is 4.79 Å². The van der Waals surface area contributed by atoms with Gasteiger partial charge >= 0.3 is 0 Å². The second-order valence-corrected chi connectivity index (χ2v) is 3.76. The third kappa shape index (κ3) is 3.15. The standard InChI is InChI=1S/C12H15NO3/c1-8(6-9(2)14)12(15)10-4-5-11(16-3)13-7-10/h4-5,7-8H,6H2,1-3H3. The molecule has 0 amide bonds. The molecule has 1 aromatic heterocycles. The van der Waals surface area contributed by atoms with E-state index in [1.54, 1.807) is 19.1 Å². The molecule has 1 aromatic rings. The van der Waals surface area contributed by atoms with Crippen LogP contribution in [0.15, 0.2) is 18.3 Å². The van der Waals surface area contributed by atoms with Gasteiger partial charge in [0.1, 0.15) is 5.78 Å². The van der Waals surface area contributed by atoms with Gasteiger partial charge in [0, 0.05) is 30.2 Å². The van der Waals surface area contributed by atoms with Crippen LogP contribution in [0, 0.1) is 5.92 Å². The van der Waals surface area contributed by atoms with Crippen molar-refractivity contribution in [3.8, 4) is 5.88 Å². The Morgan fingerprint density at radius 1 is 1.44 bits per heavy atom. The molecular formula is C12H15NO3. The normalized spacial score (nSPS) is 11.9. The van der Waals surface area contributed by atoms with Gasteiger partial charge in [-0.25, -0.2) is 4.98 Å². The van der Waals surface area contributed by atoms with Crippen LogP contribution in [0.25, 0.3) is 0 Å². The van der Waals surface area contributed by atoms with Crippen molar-refractivity contribution < 1.29 is 14.3 Å². The summed E-state index contributed by atoms with van der Waals surface area (Å²) in [5, 5.41) is 0. The van der Waals surface area contributed by atoms with E-state index in [1.165, 1.54) is 20.2 Å². The van der Waals surface area contributed by atoms with Gasteiger partial charge in [0.05, 0.1) is 7.11 Å². The highest BCUT2D eigenvalue weighted by Crippen LogP contribution is 2.14. The average Bonchev–Trinajstić information content (AvgIpc) is 2.27. The van der Waals surface area contributed by atoms with Gasteiger partial charge in [-0.1, -0.05) is 6.92 Å². The number of aromatic nitrogens is 1. The number of methoxy groups -OCH3 is 1. The highest BCUT2D eigenvalue weighted by Gasteiger charge is 2.17. The summed E-state index contributed by atoms with van der Waals surface area (Å²) in [5.74, 6) is 0.121. The fraction of sp³-hybridized carbons (Fsp3) is 0.417. The molecule has 1 atom stereocenters. The largest absolute Gasteiger partial charge is 0.481 e. The van der Waals surface area contributed by atoms with Gasteiger partial charge in [0.2, 0.25) is 5.88 Å². The van der Waals surface area contributed by atoms with E-state index in [9.17, 15) is 9.59 Å². The zero-order valence-corrected chi connectivity index (χ0v) is 9.69. The lowest BCUT2D eigenvalue weighted by Gasteiger charge is -2.08. The molecule has 16 heavy (non-hydrogen) atoms. The zero-order valence-electron chi connectivity index (χ0n) is 9.69. The minimum absolute atomic E-state index is 0.0160. The van der Waals surface area contributed by atoms with Gasteiger partial charge in [0.25, 0.3) is 0 Å². The van der Waals surface area contributed by atoms with Crippen molar-refractivity contribution in [2.75, 3.05) is 7.11 Å². The van der Waals surface area contributed by atoms with Gasteiger partial charge in [-0.15, -0.1) is 0 Å². The number of pyridine rings is 1. The van der Waals surface area contributed by atoms with Crippen LogP contribution in [0.2, 0.25) is 0 Å². The number of carbonyl (C=O) groups is 2. The number of carbonyl (C=O) groups excluding carboxylic acids is 2. The van der Waals surface area contributed by atoms with Gasteiger partial charge in [-0.2, -0.15) is 0 Å². The molecule has 1 unspecified atom stereocenters.